The van der Waals surface area contributed by atoms with Crippen molar-refractivity contribution in [2.45, 2.75) is 69.7 Å². The van der Waals surface area contributed by atoms with Gasteiger partial charge < -0.3 is 4.43 Å². The van der Waals surface area contributed by atoms with Crippen LogP contribution in [0, 0.1) is 5.41 Å². The minimum Gasteiger partial charge on any atom is -0.413 e. The lowest BCUT2D eigenvalue weighted by Gasteiger charge is -2.46. The van der Waals surface area contributed by atoms with Gasteiger partial charge in [-0.05, 0) is 29.1 Å². The number of hydrogen-bond donors (Lipinski definition) is 2. The lowest BCUT2D eigenvalue weighted by atomic mass is 9.74. The van der Waals surface area contributed by atoms with Gasteiger partial charge in [0.15, 0.2) is 8.32 Å². The van der Waals surface area contributed by atoms with Crippen molar-refractivity contribution < 1.29 is 21.3 Å². The van der Waals surface area contributed by atoms with Gasteiger partial charge in [0.2, 0.25) is 20.0 Å². The molecule has 0 amide bonds. The third-order valence-electron chi connectivity index (χ3n) is 5.71. The number of primary sulfonamides is 2. The lowest BCUT2D eigenvalue weighted by Crippen LogP contribution is -2.63. The van der Waals surface area contributed by atoms with E-state index in [0.717, 1.165) is 0 Å². The number of hydrogen-bond acceptors (Lipinski definition) is 5. The Labute approximate surface area is 165 Å². The Balaban J connectivity index is 3.53. The lowest BCUT2D eigenvalue weighted by molar-refractivity contribution is 0.298. The van der Waals surface area contributed by atoms with Crippen molar-refractivity contribution in [2.24, 2.45) is 15.7 Å². The Morgan fingerprint density at radius 1 is 1.07 bits per heavy atom. The van der Waals surface area contributed by atoms with Crippen LogP contribution in [0.15, 0.2) is 23.8 Å². The number of sulfonamides is 2. The molecule has 1 aliphatic rings. The second kappa shape index (κ2) is 7.07. The van der Waals surface area contributed by atoms with Crippen molar-refractivity contribution in [2.75, 3.05) is 6.61 Å². The van der Waals surface area contributed by atoms with Crippen molar-refractivity contribution in [3.05, 3.63) is 23.8 Å². The summed E-state index contributed by atoms with van der Waals surface area (Å²) in [6.07, 6.45) is 4.30. The van der Waals surface area contributed by atoms with Gasteiger partial charge in [-0.1, -0.05) is 59.8 Å². The molecule has 0 heterocycles. The molecule has 4 N–H and O–H groups in total. The molecule has 10 heteroatoms. The largest absolute Gasteiger partial charge is 0.413 e. The molecule has 0 aromatic heterocycles. The van der Waals surface area contributed by atoms with E-state index >= 15 is 0 Å². The normalized spacial score (nSPS) is 25.4. The van der Waals surface area contributed by atoms with Gasteiger partial charge in [-0.15, -0.1) is 0 Å². The molecule has 1 rings (SSSR count). The highest BCUT2D eigenvalue weighted by Gasteiger charge is 2.59. The molecule has 0 bridgehead atoms. The average molecular weight is 439 g/mol. The van der Waals surface area contributed by atoms with Crippen LogP contribution in [0.3, 0.4) is 0 Å². The van der Waals surface area contributed by atoms with Gasteiger partial charge >= 0.3 is 0 Å². The SMILES string of the molecule is CC(C)(C)C1(S(N)(=O)=O)C=C(CO[Si](C)(C)C(C)(C)C)C=CC1S(N)(=O)=O. The van der Waals surface area contributed by atoms with Crippen LogP contribution in [0.1, 0.15) is 41.5 Å². The van der Waals surface area contributed by atoms with Crippen molar-refractivity contribution in [3.8, 4) is 0 Å². The molecule has 0 radical (unpaired) electrons. The zero-order valence-corrected chi connectivity index (χ0v) is 20.2. The fourth-order valence-corrected chi connectivity index (χ4v) is 7.54. The van der Waals surface area contributed by atoms with Gasteiger partial charge in [0, 0.05) is 0 Å². The maximum atomic E-state index is 12.7. The molecular weight excluding hydrogens is 404 g/mol. The molecule has 1 aliphatic carbocycles. The second-order valence-electron chi connectivity index (χ2n) is 9.73. The summed E-state index contributed by atoms with van der Waals surface area (Å²) in [5.74, 6) is 0. The fourth-order valence-electron chi connectivity index (χ4n) is 3.00. The predicted octanol–water partition coefficient (Wildman–Crippen LogP) is 2.23. The first kappa shape index (κ1) is 24.5. The summed E-state index contributed by atoms with van der Waals surface area (Å²) in [4.78, 5) is 0. The van der Waals surface area contributed by atoms with E-state index in [-0.39, 0.29) is 11.6 Å². The summed E-state index contributed by atoms with van der Waals surface area (Å²) in [7, 11) is -10.6. The number of rotatable bonds is 5. The Kier molecular flexibility index (Phi) is 6.42. The van der Waals surface area contributed by atoms with Crippen LogP contribution in [0.5, 0.6) is 0 Å². The van der Waals surface area contributed by atoms with Gasteiger partial charge in [0.1, 0.15) is 10.00 Å². The molecule has 7 nitrogen and oxygen atoms in total. The molecule has 0 aliphatic heterocycles. The molecular formula is C17H34N2O5S2Si. The van der Waals surface area contributed by atoms with E-state index in [1.165, 1.54) is 12.2 Å². The highest BCUT2D eigenvalue weighted by atomic mass is 32.2. The maximum absolute atomic E-state index is 12.7. The van der Waals surface area contributed by atoms with E-state index in [4.69, 9.17) is 14.7 Å². The van der Waals surface area contributed by atoms with E-state index < -0.39 is 43.8 Å². The van der Waals surface area contributed by atoms with Crippen LogP contribution in [-0.4, -0.2) is 41.8 Å². The first-order chi connectivity index (χ1) is 11.7. The molecule has 0 aromatic carbocycles. The average Bonchev–Trinajstić information content (AvgIpc) is 2.40. The molecule has 0 saturated heterocycles. The third-order valence-corrected chi connectivity index (χ3v) is 13.5. The van der Waals surface area contributed by atoms with E-state index in [0.29, 0.717) is 5.57 Å². The Morgan fingerprint density at radius 2 is 1.56 bits per heavy atom. The zero-order chi connectivity index (χ0) is 21.7. The van der Waals surface area contributed by atoms with Gasteiger partial charge in [-0.25, -0.2) is 27.1 Å². The van der Waals surface area contributed by atoms with Gasteiger partial charge in [0.25, 0.3) is 0 Å². The van der Waals surface area contributed by atoms with Crippen LogP contribution < -0.4 is 10.3 Å². The van der Waals surface area contributed by atoms with Gasteiger partial charge in [-0.2, -0.15) is 0 Å². The predicted molar refractivity (Wildman–Crippen MR) is 113 cm³/mol. The molecule has 2 unspecified atom stereocenters. The van der Waals surface area contributed by atoms with Crippen molar-refractivity contribution in [1.29, 1.82) is 0 Å². The monoisotopic (exact) mass is 438 g/mol. The van der Waals surface area contributed by atoms with Crippen molar-refractivity contribution in [3.63, 3.8) is 0 Å². The highest BCUT2D eigenvalue weighted by molar-refractivity contribution is 7.94. The van der Waals surface area contributed by atoms with E-state index in [1.807, 2.05) is 0 Å². The maximum Gasteiger partial charge on any atom is 0.220 e. The summed E-state index contributed by atoms with van der Waals surface area (Å²) < 4.78 is 54.0. The summed E-state index contributed by atoms with van der Waals surface area (Å²) in [5, 5.41) is 9.45. The summed E-state index contributed by atoms with van der Waals surface area (Å²) in [6, 6.07) is 0. The quantitative estimate of drug-likeness (QED) is 0.636. The van der Waals surface area contributed by atoms with Crippen LogP contribution in [0.4, 0.5) is 0 Å². The van der Waals surface area contributed by atoms with Crippen molar-refractivity contribution >= 4 is 28.4 Å². The molecule has 27 heavy (non-hydrogen) atoms. The Bertz CT molecular complexity index is 847. The molecule has 0 spiro atoms. The molecule has 158 valence electrons. The first-order valence-electron chi connectivity index (χ1n) is 8.75. The van der Waals surface area contributed by atoms with Crippen LogP contribution in [0.2, 0.25) is 18.1 Å². The molecule has 0 aromatic rings. The minimum absolute atomic E-state index is 0.0177. The minimum atomic E-state index is -4.32. The molecule has 0 saturated carbocycles. The van der Waals surface area contributed by atoms with E-state index in [1.54, 1.807) is 26.8 Å². The molecule has 0 fully saturated rings. The smallest absolute Gasteiger partial charge is 0.220 e. The molecule has 2 atom stereocenters. The van der Waals surface area contributed by atoms with Crippen LogP contribution in [0.25, 0.3) is 0 Å². The summed E-state index contributed by atoms with van der Waals surface area (Å²) >= 11 is 0. The Hall–Kier alpha value is -0.523. The van der Waals surface area contributed by atoms with Gasteiger partial charge in [-0.3, -0.25) is 0 Å². The van der Waals surface area contributed by atoms with E-state index in [2.05, 4.69) is 33.9 Å². The first-order valence-corrected chi connectivity index (χ1v) is 14.8. The standard InChI is InChI=1S/C17H34N2O5S2Si/c1-15(2,3)17(26(19,22)23)11-13(9-10-14(17)25(18,20)21)12-24-27(7,8)16(4,5)6/h9-11,14H,12H2,1-8H3,(H2,18,20,21)(H2,19,22,23). The summed E-state index contributed by atoms with van der Waals surface area (Å²) in [6.45, 7) is 15.6. The third kappa shape index (κ3) is 4.73. The Morgan fingerprint density at radius 3 is 1.89 bits per heavy atom. The number of nitrogens with two attached hydrogens (primary N) is 2. The van der Waals surface area contributed by atoms with Crippen molar-refractivity contribution in [1.82, 2.24) is 0 Å². The zero-order valence-electron chi connectivity index (χ0n) is 17.5. The van der Waals surface area contributed by atoms with Gasteiger partial charge in [0.05, 0.1) is 6.61 Å². The van der Waals surface area contributed by atoms with Crippen LogP contribution >= 0.6 is 0 Å². The summed E-state index contributed by atoms with van der Waals surface area (Å²) in [5.41, 5.74) is -0.450. The highest BCUT2D eigenvalue weighted by Crippen LogP contribution is 2.46. The fraction of sp³-hybridized carbons (Fsp3) is 0.765. The topological polar surface area (TPSA) is 130 Å². The van der Waals surface area contributed by atoms with Crippen LogP contribution in [-0.2, 0) is 24.5 Å². The van der Waals surface area contributed by atoms with E-state index in [9.17, 15) is 16.8 Å². The second-order valence-corrected chi connectivity index (χ2v) is 18.0.